The van der Waals surface area contributed by atoms with Gasteiger partial charge in [0.1, 0.15) is 0 Å². The van der Waals surface area contributed by atoms with Gasteiger partial charge in [-0.25, -0.2) is 0 Å². The van der Waals surface area contributed by atoms with Crippen LogP contribution in [-0.2, 0) is 4.74 Å². The van der Waals surface area contributed by atoms with E-state index in [1.807, 2.05) is 7.05 Å². The molecule has 0 unspecified atom stereocenters. The van der Waals surface area contributed by atoms with Crippen LogP contribution < -0.4 is 10.2 Å². The molecule has 164 valence electrons. The summed E-state index contributed by atoms with van der Waals surface area (Å²) >= 11 is 0. The highest BCUT2D eigenvalue weighted by atomic mass is 127. The van der Waals surface area contributed by atoms with E-state index < -0.39 is 0 Å². The maximum Gasteiger partial charge on any atom is 0.193 e. The van der Waals surface area contributed by atoms with Gasteiger partial charge < -0.3 is 19.9 Å². The molecule has 7 heteroatoms. The number of halogens is 1. The summed E-state index contributed by atoms with van der Waals surface area (Å²) in [5, 5.41) is 3.57. The average molecular weight is 515 g/mol. The van der Waals surface area contributed by atoms with Crippen molar-refractivity contribution >= 4 is 35.6 Å². The van der Waals surface area contributed by atoms with Crippen molar-refractivity contribution < 1.29 is 4.74 Å². The molecule has 2 fully saturated rings. The minimum Gasteiger partial charge on any atom is -0.379 e. The van der Waals surface area contributed by atoms with Crippen molar-refractivity contribution in [3.63, 3.8) is 0 Å². The first-order valence-corrected chi connectivity index (χ1v) is 10.8. The summed E-state index contributed by atoms with van der Waals surface area (Å²) in [6.45, 7) is 14.7. The lowest BCUT2D eigenvalue weighted by Gasteiger charge is -2.38. The Morgan fingerprint density at radius 2 is 1.76 bits per heavy atom. The number of hydrogen-bond acceptors (Lipinski definition) is 4. The average Bonchev–Trinajstić information content (AvgIpc) is 2.74. The second-order valence-electron chi connectivity index (χ2n) is 7.83. The predicted octanol–water partition coefficient (Wildman–Crippen LogP) is 2.73. The van der Waals surface area contributed by atoms with Crippen LogP contribution in [0.3, 0.4) is 0 Å². The Balaban J connectivity index is 0.00000300. The summed E-state index contributed by atoms with van der Waals surface area (Å²) < 4.78 is 5.41. The lowest BCUT2D eigenvalue weighted by Crippen LogP contribution is -2.52. The number of aryl methyl sites for hydroxylation is 1. The van der Waals surface area contributed by atoms with Crippen molar-refractivity contribution in [1.29, 1.82) is 0 Å². The van der Waals surface area contributed by atoms with Crippen LogP contribution in [-0.4, -0.2) is 88.4 Å². The van der Waals surface area contributed by atoms with Crippen molar-refractivity contribution in [3.05, 3.63) is 29.3 Å². The highest BCUT2D eigenvalue weighted by Gasteiger charge is 2.21. The first-order valence-electron chi connectivity index (χ1n) is 10.8. The standard InChI is InChI=1S/C22H37N5O.HI/c1-19-7-6-8-21(20(19)2)26-11-13-27(14-12-26)22(23-3)24-9-4-5-10-25-15-17-28-18-16-25;/h6-8H,4-5,9-18H2,1-3H3,(H,23,24);1H. The molecule has 2 aliphatic heterocycles. The van der Waals surface area contributed by atoms with Crippen LogP contribution in [0.5, 0.6) is 0 Å². The lowest BCUT2D eigenvalue weighted by molar-refractivity contribution is 0.0372. The fourth-order valence-corrected chi connectivity index (χ4v) is 4.05. The number of ether oxygens (including phenoxy) is 1. The van der Waals surface area contributed by atoms with E-state index in [1.54, 1.807) is 0 Å². The van der Waals surface area contributed by atoms with Crippen LogP contribution >= 0.6 is 24.0 Å². The van der Waals surface area contributed by atoms with Gasteiger partial charge >= 0.3 is 0 Å². The monoisotopic (exact) mass is 515 g/mol. The number of nitrogens with zero attached hydrogens (tertiary/aromatic N) is 4. The number of anilines is 1. The molecule has 2 saturated heterocycles. The highest BCUT2D eigenvalue weighted by Crippen LogP contribution is 2.23. The molecule has 2 heterocycles. The summed E-state index contributed by atoms with van der Waals surface area (Å²) in [6, 6.07) is 6.61. The van der Waals surface area contributed by atoms with Crippen molar-refractivity contribution in [2.24, 2.45) is 4.99 Å². The van der Waals surface area contributed by atoms with Gasteiger partial charge in [0.15, 0.2) is 5.96 Å². The van der Waals surface area contributed by atoms with Gasteiger partial charge in [0.2, 0.25) is 0 Å². The minimum absolute atomic E-state index is 0. The Morgan fingerprint density at radius 3 is 2.45 bits per heavy atom. The zero-order valence-electron chi connectivity index (χ0n) is 18.3. The van der Waals surface area contributed by atoms with Gasteiger partial charge in [-0.3, -0.25) is 9.89 Å². The number of hydrogen-bond donors (Lipinski definition) is 1. The van der Waals surface area contributed by atoms with Crippen molar-refractivity contribution in [2.45, 2.75) is 26.7 Å². The Hall–Kier alpha value is -1.06. The molecule has 0 amide bonds. The molecule has 2 aliphatic rings. The van der Waals surface area contributed by atoms with E-state index in [4.69, 9.17) is 4.74 Å². The molecule has 0 saturated carbocycles. The van der Waals surface area contributed by atoms with Gasteiger partial charge in [0.25, 0.3) is 0 Å². The van der Waals surface area contributed by atoms with Gasteiger partial charge in [-0.05, 0) is 50.4 Å². The number of benzene rings is 1. The molecule has 0 atom stereocenters. The smallest absolute Gasteiger partial charge is 0.193 e. The number of morpholine rings is 1. The van der Waals surface area contributed by atoms with Crippen LogP contribution in [0.2, 0.25) is 0 Å². The minimum atomic E-state index is 0. The largest absolute Gasteiger partial charge is 0.379 e. The van der Waals surface area contributed by atoms with E-state index in [2.05, 4.69) is 57.1 Å². The first kappa shape index (κ1) is 24.2. The fourth-order valence-electron chi connectivity index (χ4n) is 4.05. The molecular weight excluding hydrogens is 477 g/mol. The fraction of sp³-hybridized carbons (Fsp3) is 0.682. The van der Waals surface area contributed by atoms with Crippen LogP contribution in [0.1, 0.15) is 24.0 Å². The van der Waals surface area contributed by atoms with E-state index in [1.165, 1.54) is 36.2 Å². The third-order valence-corrected chi connectivity index (χ3v) is 6.00. The van der Waals surface area contributed by atoms with E-state index >= 15 is 0 Å². The molecule has 0 spiro atoms. The second-order valence-corrected chi connectivity index (χ2v) is 7.83. The number of unbranched alkanes of at least 4 members (excludes halogenated alkanes) is 1. The molecule has 1 aromatic carbocycles. The molecule has 29 heavy (non-hydrogen) atoms. The zero-order chi connectivity index (χ0) is 19.8. The highest BCUT2D eigenvalue weighted by molar-refractivity contribution is 14.0. The van der Waals surface area contributed by atoms with Gasteiger partial charge in [-0.1, -0.05) is 12.1 Å². The second kappa shape index (κ2) is 12.6. The van der Waals surface area contributed by atoms with E-state index in [0.717, 1.165) is 65.0 Å². The summed E-state index contributed by atoms with van der Waals surface area (Å²) in [5.41, 5.74) is 4.15. The third kappa shape index (κ3) is 7.00. The maximum absolute atomic E-state index is 5.41. The van der Waals surface area contributed by atoms with E-state index in [9.17, 15) is 0 Å². The molecular formula is C22H38IN5O. The number of aliphatic imine (C=N–C) groups is 1. The van der Waals surface area contributed by atoms with Crippen molar-refractivity contribution in [3.8, 4) is 0 Å². The summed E-state index contributed by atoms with van der Waals surface area (Å²) in [6.07, 6.45) is 2.41. The lowest BCUT2D eigenvalue weighted by atomic mass is 10.1. The quantitative estimate of drug-likeness (QED) is 0.273. The predicted molar refractivity (Wildman–Crippen MR) is 133 cm³/mol. The molecule has 6 nitrogen and oxygen atoms in total. The molecule has 0 bridgehead atoms. The Morgan fingerprint density at radius 1 is 1.03 bits per heavy atom. The first-order chi connectivity index (χ1) is 13.7. The molecule has 3 rings (SSSR count). The Bertz CT molecular complexity index is 640. The van der Waals surface area contributed by atoms with Gasteiger partial charge in [-0.2, -0.15) is 0 Å². The van der Waals surface area contributed by atoms with E-state index in [-0.39, 0.29) is 24.0 Å². The van der Waals surface area contributed by atoms with Crippen LogP contribution in [0.4, 0.5) is 5.69 Å². The Kier molecular flexibility index (Phi) is 10.5. The normalized spacial score (nSPS) is 18.5. The third-order valence-electron chi connectivity index (χ3n) is 6.00. The van der Waals surface area contributed by atoms with Crippen molar-refractivity contribution in [1.82, 2.24) is 15.1 Å². The Labute approximate surface area is 193 Å². The van der Waals surface area contributed by atoms with Gasteiger partial charge in [-0.15, -0.1) is 24.0 Å². The van der Waals surface area contributed by atoms with Gasteiger partial charge in [0, 0.05) is 58.5 Å². The summed E-state index contributed by atoms with van der Waals surface area (Å²) in [5.74, 6) is 1.05. The van der Waals surface area contributed by atoms with Crippen LogP contribution in [0.25, 0.3) is 0 Å². The molecule has 1 N–H and O–H groups in total. The van der Waals surface area contributed by atoms with E-state index in [0.29, 0.717) is 0 Å². The molecule has 1 aromatic rings. The molecule has 0 aromatic heterocycles. The SMILES string of the molecule is CN=C(NCCCCN1CCOCC1)N1CCN(c2cccc(C)c2C)CC1.I. The number of nitrogens with one attached hydrogen (secondary N) is 1. The van der Waals surface area contributed by atoms with Crippen LogP contribution in [0.15, 0.2) is 23.2 Å². The molecule has 0 aliphatic carbocycles. The topological polar surface area (TPSA) is 43.3 Å². The van der Waals surface area contributed by atoms with Gasteiger partial charge in [0.05, 0.1) is 13.2 Å². The zero-order valence-corrected chi connectivity index (χ0v) is 20.7. The number of guanidine groups is 1. The summed E-state index contributed by atoms with van der Waals surface area (Å²) in [7, 11) is 1.90. The molecule has 0 radical (unpaired) electrons. The maximum atomic E-state index is 5.41. The van der Waals surface area contributed by atoms with Crippen molar-refractivity contribution in [2.75, 3.05) is 77.5 Å². The summed E-state index contributed by atoms with van der Waals surface area (Å²) in [4.78, 5) is 11.9. The van der Waals surface area contributed by atoms with Crippen LogP contribution in [0, 0.1) is 13.8 Å². The number of piperazine rings is 1. The number of rotatable bonds is 6.